The van der Waals surface area contributed by atoms with Crippen molar-refractivity contribution in [2.24, 2.45) is 0 Å². The fourth-order valence-electron chi connectivity index (χ4n) is 0.803. The molecule has 0 saturated carbocycles. The Hall–Kier alpha value is -0.410. The molecule has 78 valence electrons. The van der Waals surface area contributed by atoms with E-state index in [0.717, 1.165) is 0 Å². The monoisotopic (exact) mass is 187 g/mol. The van der Waals surface area contributed by atoms with E-state index in [1.54, 1.807) is 0 Å². The summed E-state index contributed by atoms with van der Waals surface area (Å²) in [5, 5.41) is 3.02. The highest BCUT2D eigenvalue weighted by atomic mass is 16.5. The third-order valence-corrected chi connectivity index (χ3v) is 1.73. The van der Waals surface area contributed by atoms with Crippen molar-refractivity contribution >= 4 is 5.78 Å². The second-order valence-corrected chi connectivity index (χ2v) is 4.15. The van der Waals surface area contributed by atoms with Gasteiger partial charge in [0.1, 0.15) is 5.78 Å². The van der Waals surface area contributed by atoms with E-state index in [4.69, 9.17) is 4.74 Å². The molecule has 0 aromatic carbocycles. The smallest absolute Gasteiger partial charge is 0.149 e. The SMILES string of the molecule is CCC(=O)C(C)NCOC(C)(C)C. The molecule has 1 atom stereocenters. The number of hydrogen-bond donors (Lipinski definition) is 1. The molecule has 0 spiro atoms. The first-order valence-corrected chi connectivity index (χ1v) is 4.77. The Morgan fingerprint density at radius 3 is 2.38 bits per heavy atom. The van der Waals surface area contributed by atoms with Crippen LogP contribution in [0.4, 0.5) is 0 Å². The van der Waals surface area contributed by atoms with Crippen LogP contribution >= 0.6 is 0 Å². The van der Waals surface area contributed by atoms with Crippen LogP contribution in [0.2, 0.25) is 0 Å². The van der Waals surface area contributed by atoms with Gasteiger partial charge in [0.05, 0.1) is 18.4 Å². The van der Waals surface area contributed by atoms with E-state index >= 15 is 0 Å². The Balaban J connectivity index is 3.59. The molecule has 3 heteroatoms. The third-order valence-electron chi connectivity index (χ3n) is 1.73. The molecule has 1 N–H and O–H groups in total. The van der Waals surface area contributed by atoms with Gasteiger partial charge < -0.3 is 4.74 Å². The first kappa shape index (κ1) is 12.6. The van der Waals surface area contributed by atoms with Crippen molar-refractivity contribution in [2.75, 3.05) is 6.73 Å². The van der Waals surface area contributed by atoms with E-state index in [1.807, 2.05) is 34.6 Å². The van der Waals surface area contributed by atoms with Crippen LogP contribution in [0.3, 0.4) is 0 Å². The van der Waals surface area contributed by atoms with Gasteiger partial charge in [-0.1, -0.05) is 6.92 Å². The zero-order valence-corrected chi connectivity index (χ0v) is 9.31. The zero-order valence-electron chi connectivity index (χ0n) is 9.31. The average molecular weight is 187 g/mol. The number of carbonyl (C=O) groups is 1. The number of nitrogens with one attached hydrogen (secondary N) is 1. The minimum Gasteiger partial charge on any atom is -0.361 e. The predicted molar refractivity (Wildman–Crippen MR) is 53.6 cm³/mol. The summed E-state index contributed by atoms with van der Waals surface area (Å²) in [7, 11) is 0. The van der Waals surface area contributed by atoms with Crippen molar-refractivity contribution in [3.05, 3.63) is 0 Å². The van der Waals surface area contributed by atoms with Crippen molar-refractivity contribution in [1.29, 1.82) is 0 Å². The molecule has 13 heavy (non-hydrogen) atoms. The van der Waals surface area contributed by atoms with Gasteiger partial charge in [0.15, 0.2) is 0 Å². The van der Waals surface area contributed by atoms with Gasteiger partial charge in [-0.25, -0.2) is 0 Å². The third kappa shape index (κ3) is 6.72. The Bertz CT molecular complexity index is 161. The lowest BCUT2D eigenvalue weighted by molar-refractivity contribution is -0.121. The van der Waals surface area contributed by atoms with Crippen LogP contribution in [0, 0.1) is 0 Å². The fourth-order valence-corrected chi connectivity index (χ4v) is 0.803. The van der Waals surface area contributed by atoms with Crippen molar-refractivity contribution in [1.82, 2.24) is 5.32 Å². The van der Waals surface area contributed by atoms with E-state index in [1.165, 1.54) is 0 Å². The van der Waals surface area contributed by atoms with Gasteiger partial charge in [-0.2, -0.15) is 0 Å². The summed E-state index contributed by atoms with van der Waals surface area (Å²) in [5.74, 6) is 0.220. The molecule has 3 nitrogen and oxygen atoms in total. The van der Waals surface area contributed by atoms with Gasteiger partial charge in [0.2, 0.25) is 0 Å². The van der Waals surface area contributed by atoms with E-state index in [0.29, 0.717) is 13.2 Å². The highest BCUT2D eigenvalue weighted by Gasteiger charge is 2.12. The van der Waals surface area contributed by atoms with Crippen molar-refractivity contribution in [3.8, 4) is 0 Å². The predicted octanol–water partition coefficient (Wildman–Crippen LogP) is 1.72. The molecule has 0 heterocycles. The molecular weight excluding hydrogens is 166 g/mol. The molecule has 0 aromatic rings. The number of hydrogen-bond acceptors (Lipinski definition) is 3. The lowest BCUT2D eigenvalue weighted by atomic mass is 10.2. The molecule has 0 saturated heterocycles. The van der Waals surface area contributed by atoms with Crippen LogP contribution in [-0.2, 0) is 9.53 Å². The van der Waals surface area contributed by atoms with Crippen LogP contribution in [0.5, 0.6) is 0 Å². The molecule has 0 bridgehead atoms. The summed E-state index contributed by atoms with van der Waals surface area (Å²) in [6.45, 7) is 10.1. The summed E-state index contributed by atoms with van der Waals surface area (Å²) < 4.78 is 5.43. The quantitative estimate of drug-likeness (QED) is 0.666. The summed E-state index contributed by atoms with van der Waals surface area (Å²) in [6, 6.07) is -0.104. The van der Waals surface area contributed by atoms with E-state index in [-0.39, 0.29) is 17.4 Å². The fraction of sp³-hybridized carbons (Fsp3) is 0.900. The maximum absolute atomic E-state index is 11.1. The second kappa shape index (κ2) is 5.35. The Kier molecular flexibility index (Phi) is 5.18. The van der Waals surface area contributed by atoms with Gasteiger partial charge in [-0.15, -0.1) is 0 Å². The number of Topliss-reactive ketones (excluding diaryl/α,β-unsaturated/α-hetero) is 1. The summed E-state index contributed by atoms with van der Waals surface area (Å²) >= 11 is 0. The maximum Gasteiger partial charge on any atom is 0.149 e. The van der Waals surface area contributed by atoms with Crippen LogP contribution in [0.1, 0.15) is 41.0 Å². The Morgan fingerprint density at radius 1 is 1.46 bits per heavy atom. The van der Waals surface area contributed by atoms with Gasteiger partial charge in [-0.05, 0) is 27.7 Å². The van der Waals surface area contributed by atoms with Crippen LogP contribution < -0.4 is 5.32 Å². The van der Waals surface area contributed by atoms with Crippen LogP contribution in [-0.4, -0.2) is 24.2 Å². The van der Waals surface area contributed by atoms with Gasteiger partial charge >= 0.3 is 0 Å². The first-order chi connectivity index (χ1) is 5.87. The molecule has 0 aliphatic rings. The number of carbonyl (C=O) groups excluding carboxylic acids is 1. The molecule has 0 amide bonds. The lowest BCUT2D eigenvalue weighted by Crippen LogP contribution is -2.37. The normalized spacial score (nSPS) is 14.2. The zero-order chi connectivity index (χ0) is 10.5. The van der Waals surface area contributed by atoms with E-state index in [9.17, 15) is 4.79 Å². The average Bonchev–Trinajstić information content (AvgIpc) is 2.00. The highest BCUT2D eigenvalue weighted by molar-refractivity contribution is 5.83. The second-order valence-electron chi connectivity index (χ2n) is 4.15. The minimum atomic E-state index is -0.151. The van der Waals surface area contributed by atoms with Gasteiger partial charge in [-0.3, -0.25) is 10.1 Å². The maximum atomic E-state index is 11.1. The standard InChI is InChI=1S/C10H21NO2/c1-6-9(12)8(2)11-7-13-10(3,4)5/h8,11H,6-7H2,1-5H3. The van der Waals surface area contributed by atoms with E-state index < -0.39 is 0 Å². The van der Waals surface area contributed by atoms with Crippen molar-refractivity contribution in [3.63, 3.8) is 0 Å². The summed E-state index contributed by atoms with van der Waals surface area (Å²) in [6.07, 6.45) is 0.573. The van der Waals surface area contributed by atoms with Crippen molar-refractivity contribution in [2.45, 2.75) is 52.7 Å². The number of ketones is 1. The summed E-state index contributed by atoms with van der Waals surface area (Å²) in [4.78, 5) is 11.1. The molecular formula is C10H21NO2. The van der Waals surface area contributed by atoms with Crippen LogP contribution in [0.15, 0.2) is 0 Å². The molecule has 0 aliphatic heterocycles. The molecule has 0 radical (unpaired) electrons. The molecule has 0 aliphatic carbocycles. The molecule has 0 aromatic heterocycles. The Morgan fingerprint density at radius 2 is 2.00 bits per heavy atom. The van der Waals surface area contributed by atoms with Gasteiger partial charge in [0.25, 0.3) is 0 Å². The number of ether oxygens (including phenoxy) is 1. The molecule has 0 rings (SSSR count). The minimum absolute atomic E-state index is 0.104. The number of rotatable bonds is 5. The van der Waals surface area contributed by atoms with Crippen molar-refractivity contribution < 1.29 is 9.53 Å². The first-order valence-electron chi connectivity index (χ1n) is 4.77. The highest BCUT2D eigenvalue weighted by Crippen LogP contribution is 2.05. The molecule has 1 unspecified atom stereocenters. The Labute approximate surface area is 80.8 Å². The van der Waals surface area contributed by atoms with Gasteiger partial charge in [0, 0.05) is 6.42 Å². The lowest BCUT2D eigenvalue weighted by Gasteiger charge is -2.21. The van der Waals surface area contributed by atoms with E-state index in [2.05, 4.69) is 5.32 Å². The topological polar surface area (TPSA) is 38.3 Å². The summed E-state index contributed by atoms with van der Waals surface area (Å²) in [5.41, 5.74) is -0.151. The molecule has 0 fully saturated rings. The largest absolute Gasteiger partial charge is 0.361 e. The van der Waals surface area contributed by atoms with Crippen LogP contribution in [0.25, 0.3) is 0 Å².